The van der Waals surface area contributed by atoms with Crippen LogP contribution in [0.4, 0.5) is 5.82 Å². The zero-order valence-corrected chi connectivity index (χ0v) is 14.6. The van der Waals surface area contributed by atoms with E-state index in [1.165, 1.54) is 10.4 Å². The zero-order valence-electron chi connectivity index (χ0n) is 13.7. The molecule has 5 nitrogen and oxygen atoms in total. The largest absolute Gasteiger partial charge is 0.384 e. The van der Waals surface area contributed by atoms with E-state index in [0.717, 1.165) is 32.9 Å². The van der Waals surface area contributed by atoms with Gasteiger partial charge in [-0.05, 0) is 26.3 Å². The molecular weight excluding hydrogens is 318 g/mol. The lowest BCUT2D eigenvalue weighted by Crippen LogP contribution is -2.05. The van der Waals surface area contributed by atoms with Gasteiger partial charge in [0.15, 0.2) is 5.82 Å². The molecule has 0 aliphatic carbocycles. The van der Waals surface area contributed by atoms with E-state index in [4.69, 9.17) is 5.73 Å². The molecule has 0 spiro atoms. The fourth-order valence-electron chi connectivity index (χ4n) is 2.95. The Morgan fingerprint density at radius 1 is 1.04 bits per heavy atom. The molecular formula is C18H17N5S. The van der Waals surface area contributed by atoms with E-state index < -0.39 is 0 Å². The van der Waals surface area contributed by atoms with Crippen LogP contribution in [0.1, 0.15) is 16.1 Å². The molecule has 0 unspecified atom stereocenters. The average Bonchev–Trinajstić information content (AvgIpc) is 3.06. The van der Waals surface area contributed by atoms with Crippen LogP contribution in [0.25, 0.3) is 27.2 Å². The van der Waals surface area contributed by atoms with Gasteiger partial charge in [-0.15, -0.1) is 11.3 Å². The first-order valence-electron chi connectivity index (χ1n) is 7.68. The van der Waals surface area contributed by atoms with Crippen molar-refractivity contribution in [1.29, 1.82) is 0 Å². The van der Waals surface area contributed by atoms with E-state index in [0.29, 0.717) is 5.82 Å². The first-order chi connectivity index (χ1) is 11.5. The molecule has 0 saturated carbocycles. The number of nitrogens with two attached hydrogens (primary N) is 1. The molecule has 6 heteroatoms. The number of aryl methyl sites for hydroxylation is 3. The molecule has 24 heavy (non-hydrogen) atoms. The van der Waals surface area contributed by atoms with Crippen LogP contribution in [0, 0.1) is 20.8 Å². The maximum atomic E-state index is 6.12. The van der Waals surface area contributed by atoms with Gasteiger partial charge < -0.3 is 5.73 Å². The minimum atomic E-state index is 0.575. The van der Waals surface area contributed by atoms with E-state index in [-0.39, 0.29) is 0 Å². The van der Waals surface area contributed by atoms with Gasteiger partial charge in [-0.25, -0.2) is 9.97 Å². The second-order valence-corrected chi connectivity index (χ2v) is 7.10. The molecule has 0 atom stereocenters. The summed E-state index contributed by atoms with van der Waals surface area (Å²) in [5.41, 5.74) is 10.5. The quantitative estimate of drug-likeness (QED) is 0.600. The normalized spacial score (nSPS) is 11.3. The molecule has 0 fully saturated rings. The summed E-state index contributed by atoms with van der Waals surface area (Å²) in [6.45, 7) is 6.12. The van der Waals surface area contributed by atoms with E-state index in [9.17, 15) is 0 Å². The predicted molar refractivity (Wildman–Crippen MR) is 98.6 cm³/mol. The van der Waals surface area contributed by atoms with Gasteiger partial charge in [0.1, 0.15) is 17.0 Å². The molecule has 0 saturated heterocycles. The number of thiophene rings is 1. The second kappa shape index (κ2) is 5.42. The predicted octanol–water partition coefficient (Wildman–Crippen LogP) is 4.05. The van der Waals surface area contributed by atoms with Gasteiger partial charge in [0.25, 0.3) is 0 Å². The summed E-state index contributed by atoms with van der Waals surface area (Å²) in [6.07, 6.45) is 1.57. The minimum Gasteiger partial charge on any atom is -0.384 e. The molecule has 0 radical (unpaired) electrons. The number of rotatable bonds is 2. The van der Waals surface area contributed by atoms with E-state index in [1.54, 1.807) is 22.3 Å². The summed E-state index contributed by atoms with van der Waals surface area (Å²) in [4.78, 5) is 11.1. The van der Waals surface area contributed by atoms with Crippen molar-refractivity contribution in [3.63, 3.8) is 0 Å². The highest BCUT2D eigenvalue weighted by molar-refractivity contribution is 7.19. The van der Waals surface area contributed by atoms with Crippen molar-refractivity contribution in [2.45, 2.75) is 20.8 Å². The van der Waals surface area contributed by atoms with Gasteiger partial charge in [-0.3, -0.25) is 0 Å². The van der Waals surface area contributed by atoms with E-state index in [2.05, 4.69) is 53.2 Å². The standard InChI is InChI=1S/C18H17N5S/c1-10-4-6-13(7-5-10)15-12(3)24-18-16(15)17(20-9-21-18)23-14(19)8-11(2)22-23/h4-9H,19H2,1-3H3. The first kappa shape index (κ1) is 14.8. The maximum Gasteiger partial charge on any atom is 0.168 e. The summed E-state index contributed by atoms with van der Waals surface area (Å²) < 4.78 is 1.70. The molecule has 4 aromatic rings. The molecule has 120 valence electrons. The third-order valence-electron chi connectivity index (χ3n) is 4.04. The van der Waals surface area contributed by atoms with Crippen molar-refractivity contribution < 1.29 is 0 Å². The van der Waals surface area contributed by atoms with Gasteiger partial charge in [-0.1, -0.05) is 29.8 Å². The lowest BCUT2D eigenvalue weighted by molar-refractivity contribution is 0.846. The average molecular weight is 335 g/mol. The van der Waals surface area contributed by atoms with Crippen molar-refractivity contribution in [3.05, 3.63) is 52.8 Å². The van der Waals surface area contributed by atoms with Gasteiger partial charge in [0, 0.05) is 16.5 Å². The topological polar surface area (TPSA) is 69.6 Å². The Kier molecular flexibility index (Phi) is 3.35. The van der Waals surface area contributed by atoms with Crippen LogP contribution in [-0.4, -0.2) is 19.7 Å². The van der Waals surface area contributed by atoms with Crippen molar-refractivity contribution in [2.75, 3.05) is 5.73 Å². The van der Waals surface area contributed by atoms with E-state index in [1.807, 2.05) is 13.0 Å². The minimum absolute atomic E-state index is 0.575. The molecule has 3 aromatic heterocycles. The van der Waals surface area contributed by atoms with Gasteiger partial charge in [-0.2, -0.15) is 9.78 Å². The van der Waals surface area contributed by atoms with Crippen LogP contribution in [0.2, 0.25) is 0 Å². The lowest BCUT2D eigenvalue weighted by atomic mass is 10.0. The molecule has 0 bridgehead atoms. The highest BCUT2D eigenvalue weighted by atomic mass is 32.1. The summed E-state index contributed by atoms with van der Waals surface area (Å²) in [5, 5.41) is 5.49. The Morgan fingerprint density at radius 3 is 2.46 bits per heavy atom. The highest BCUT2D eigenvalue weighted by Crippen LogP contribution is 2.40. The number of hydrogen-bond acceptors (Lipinski definition) is 5. The zero-order chi connectivity index (χ0) is 16.8. The van der Waals surface area contributed by atoms with Crippen LogP contribution < -0.4 is 5.73 Å². The fourth-order valence-corrected chi connectivity index (χ4v) is 3.95. The molecule has 2 N–H and O–H groups in total. The number of hydrogen-bond donors (Lipinski definition) is 1. The van der Waals surface area contributed by atoms with Crippen LogP contribution in [0.15, 0.2) is 36.7 Å². The summed E-state index contributed by atoms with van der Waals surface area (Å²) in [7, 11) is 0. The van der Waals surface area contributed by atoms with Gasteiger partial charge in [0.05, 0.1) is 11.1 Å². The number of fused-ring (bicyclic) bond motifs is 1. The van der Waals surface area contributed by atoms with Crippen molar-refractivity contribution in [1.82, 2.24) is 19.7 Å². The second-order valence-electron chi connectivity index (χ2n) is 5.90. The van der Waals surface area contributed by atoms with Crippen molar-refractivity contribution in [3.8, 4) is 16.9 Å². The number of anilines is 1. The first-order valence-corrected chi connectivity index (χ1v) is 8.50. The Hall–Kier alpha value is -2.73. The van der Waals surface area contributed by atoms with Gasteiger partial charge >= 0.3 is 0 Å². The summed E-state index contributed by atoms with van der Waals surface area (Å²) in [5.74, 6) is 1.30. The molecule has 0 aliphatic heterocycles. The van der Waals surface area contributed by atoms with Crippen LogP contribution in [0.3, 0.4) is 0 Å². The SMILES string of the molecule is Cc1ccc(-c2c(C)sc3ncnc(-n4nc(C)cc4N)c23)cc1. The third-order valence-corrected chi connectivity index (χ3v) is 5.06. The molecule has 3 heterocycles. The number of benzene rings is 1. The van der Waals surface area contributed by atoms with Crippen molar-refractivity contribution >= 4 is 27.4 Å². The fraction of sp³-hybridized carbons (Fsp3) is 0.167. The Balaban J connectivity index is 2.06. The maximum absolute atomic E-state index is 6.12. The Morgan fingerprint density at radius 2 is 1.79 bits per heavy atom. The Bertz CT molecular complexity index is 1040. The van der Waals surface area contributed by atoms with Crippen molar-refractivity contribution in [2.24, 2.45) is 0 Å². The summed E-state index contributed by atoms with van der Waals surface area (Å²) >= 11 is 1.67. The van der Waals surface area contributed by atoms with Crippen LogP contribution in [-0.2, 0) is 0 Å². The molecule has 0 amide bonds. The Labute approximate surface area is 143 Å². The smallest absolute Gasteiger partial charge is 0.168 e. The van der Waals surface area contributed by atoms with Crippen LogP contribution >= 0.6 is 11.3 Å². The van der Waals surface area contributed by atoms with Gasteiger partial charge in [0.2, 0.25) is 0 Å². The highest BCUT2D eigenvalue weighted by Gasteiger charge is 2.19. The monoisotopic (exact) mass is 335 g/mol. The molecule has 4 rings (SSSR count). The van der Waals surface area contributed by atoms with E-state index >= 15 is 0 Å². The molecule has 1 aromatic carbocycles. The summed E-state index contributed by atoms with van der Waals surface area (Å²) in [6, 6.07) is 10.4. The number of nitrogen functional groups attached to an aromatic ring is 1. The lowest BCUT2D eigenvalue weighted by Gasteiger charge is -2.08. The molecule has 0 aliphatic rings. The number of nitrogens with zero attached hydrogens (tertiary/aromatic N) is 4. The number of aromatic nitrogens is 4. The third kappa shape index (κ3) is 2.27. The van der Waals surface area contributed by atoms with Crippen LogP contribution in [0.5, 0.6) is 0 Å².